The number of carbonyl (C=O) groups is 1. The second-order valence-electron chi connectivity index (χ2n) is 15.4. The molecule has 2 heterocycles. The molecule has 1 saturated heterocycles. The van der Waals surface area contributed by atoms with E-state index in [-0.39, 0.29) is 30.6 Å². The SMILES string of the molecule is CCCCCCCCCCCCCCCC(=O)Nc1cccc(C2OC(CN(C)CCc3ccccn3)C(c3ccccc3)C(c3ccc(CO)cc3)O2)c1. The summed E-state index contributed by atoms with van der Waals surface area (Å²) >= 11 is 0. The Morgan fingerprint density at radius 1 is 0.727 bits per heavy atom. The Bertz CT molecular complexity index is 1630. The molecule has 0 radical (unpaired) electrons. The number of anilines is 1. The van der Waals surface area contributed by atoms with Gasteiger partial charge in [0, 0.05) is 55.0 Å². The smallest absolute Gasteiger partial charge is 0.224 e. The fourth-order valence-corrected chi connectivity index (χ4v) is 7.71. The van der Waals surface area contributed by atoms with Crippen molar-refractivity contribution in [2.24, 2.45) is 0 Å². The number of hydrogen-bond donors (Lipinski definition) is 2. The van der Waals surface area contributed by atoms with E-state index in [4.69, 9.17) is 9.47 Å². The van der Waals surface area contributed by atoms with E-state index in [2.05, 4.69) is 71.6 Å². The average molecular weight is 748 g/mol. The largest absolute Gasteiger partial charge is 0.392 e. The lowest BCUT2D eigenvalue weighted by Crippen LogP contribution is -2.43. The van der Waals surface area contributed by atoms with Gasteiger partial charge in [0.1, 0.15) is 0 Å². The maximum absolute atomic E-state index is 13.0. The van der Waals surface area contributed by atoms with Crippen molar-refractivity contribution in [1.29, 1.82) is 0 Å². The van der Waals surface area contributed by atoms with E-state index in [9.17, 15) is 9.90 Å². The summed E-state index contributed by atoms with van der Waals surface area (Å²) < 4.78 is 13.9. The third kappa shape index (κ3) is 14.3. The lowest BCUT2D eigenvalue weighted by molar-refractivity contribution is -0.263. The zero-order valence-corrected chi connectivity index (χ0v) is 33.4. The minimum Gasteiger partial charge on any atom is -0.392 e. The van der Waals surface area contributed by atoms with E-state index >= 15 is 0 Å². The van der Waals surface area contributed by atoms with Gasteiger partial charge in [0.25, 0.3) is 0 Å². The number of ether oxygens (including phenoxy) is 2. The van der Waals surface area contributed by atoms with Crippen LogP contribution in [0.4, 0.5) is 5.69 Å². The van der Waals surface area contributed by atoms with Gasteiger partial charge in [-0.1, -0.05) is 157 Å². The van der Waals surface area contributed by atoms with Crippen LogP contribution in [0.2, 0.25) is 0 Å². The molecule has 0 aliphatic carbocycles. The molecule has 1 aliphatic heterocycles. The summed E-state index contributed by atoms with van der Waals surface area (Å²) in [6.45, 7) is 3.78. The second kappa shape index (κ2) is 23.9. The number of nitrogens with one attached hydrogen (secondary N) is 1. The number of likely N-dealkylation sites (N-methyl/N-ethyl adjacent to an activating group) is 1. The Morgan fingerprint density at radius 2 is 1.38 bits per heavy atom. The zero-order valence-electron chi connectivity index (χ0n) is 33.4. The molecule has 2 N–H and O–H groups in total. The van der Waals surface area contributed by atoms with Crippen LogP contribution in [-0.2, 0) is 27.3 Å². The van der Waals surface area contributed by atoms with Crippen molar-refractivity contribution in [3.05, 3.63) is 131 Å². The first-order valence-electron chi connectivity index (χ1n) is 21.1. The summed E-state index contributed by atoms with van der Waals surface area (Å²) in [4.78, 5) is 19.9. The van der Waals surface area contributed by atoms with Crippen LogP contribution in [0.25, 0.3) is 0 Å². The summed E-state index contributed by atoms with van der Waals surface area (Å²) in [5.74, 6) is -0.0398. The normalized spacial score (nSPS) is 18.4. The van der Waals surface area contributed by atoms with Gasteiger partial charge in [-0.15, -0.1) is 0 Å². The van der Waals surface area contributed by atoms with Gasteiger partial charge >= 0.3 is 0 Å². The van der Waals surface area contributed by atoms with Gasteiger partial charge in [-0.25, -0.2) is 0 Å². The number of hydrogen-bond acceptors (Lipinski definition) is 6. The van der Waals surface area contributed by atoms with Gasteiger partial charge < -0.3 is 24.8 Å². The standard InChI is InChI=1S/C48H65N3O4/c1-3-4-5-6-7-8-9-10-11-12-13-14-18-27-45(53)50-43-26-21-24-41(35-43)48-54-44(36-51(2)34-32-42-25-19-20-33-49-42)46(39-22-16-15-17-23-39)47(55-48)40-30-28-38(37-52)29-31-40/h15-17,19-26,28-31,33,35,44,46-48,52H,3-14,18,27,32,34,36-37H2,1-2H3,(H,50,53). The molecule has 55 heavy (non-hydrogen) atoms. The Hall–Kier alpha value is -3.88. The van der Waals surface area contributed by atoms with Gasteiger partial charge in [-0.05, 0) is 54.4 Å². The molecular weight excluding hydrogens is 683 g/mol. The van der Waals surface area contributed by atoms with Crippen molar-refractivity contribution in [2.45, 2.75) is 134 Å². The molecule has 0 saturated carbocycles. The molecule has 1 aromatic heterocycles. The molecule has 0 bridgehead atoms. The number of amides is 1. The molecule has 4 atom stereocenters. The van der Waals surface area contributed by atoms with Crippen LogP contribution in [0.15, 0.2) is 103 Å². The van der Waals surface area contributed by atoms with Gasteiger partial charge in [0.15, 0.2) is 6.29 Å². The zero-order chi connectivity index (χ0) is 38.5. The highest BCUT2D eigenvalue weighted by Gasteiger charge is 2.42. The molecule has 7 heteroatoms. The third-order valence-corrected chi connectivity index (χ3v) is 10.9. The minimum atomic E-state index is -0.644. The summed E-state index contributed by atoms with van der Waals surface area (Å²) in [5, 5.41) is 12.9. The summed E-state index contributed by atoms with van der Waals surface area (Å²) in [5.41, 5.74) is 5.72. The number of pyridine rings is 1. The fourth-order valence-electron chi connectivity index (χ4n) is 7.71. The predicted octanol–water partition coefficient (Wildman–Crippen LogP) is 11.1. The first-order chi connectivity index (χ1) is 27.0. The molecule has 1 fully saturated rings. The monoisotopic (exact) mass is 747 g/mol. The first kappa shape index (κ1) is 42.3. The number of rotatable bonds is 24. The van der Waals surface area contributed by atoms with Gasteiger partial charge in [-0.3, -0.25) is 9.78 Å². The number of aromatic nitrogens is 1. The number of carbonyl (C=O) groups excluding carboxylic acids is 1. The van der Waals surface area contributed by atoms with E-state index in [1.807, 2.05) is 60.8 Å². The van der Waals surface area contributed by atoms with Crippen molar-refractivity contribution in [1.82, 2.24) is 9.88 Å². The van der Waals surface area contributed by atoms with Crippen LogP contribution < -0.4 is 5.32 Å². The molecule has 5 rings (SSSR count). The van der Waals surface area contributed by atoms with E-state index in [0.29, 0.717) is 13.0 Å². The van der Waals surface area contributed by atoms with Crippen molar-refractivity contribution < 1.29 is 19.4 Å². The topological polar surface area (TPSA) is 83.9 Å². The van der Waals surface area contributed by atoms with Crippen LogP contribution in [0.5, 0.6) is 0 Å². The van der Waals surface area contributed by atoms with Crippen LogP contribution in [0.1, 0.15) is 143 Å². The second-order valence-corrected chi connectivity index (χ2v) is 15.4. The molecule has 3 aromatic carbocycles. The lowest BCUT2D eigenvalue weighted by atomic mass is 9.83. The summed E-state index contributed by atoms with van der Waals surface area (Å²) in [6, 6.07) is 32.5. The summed E-state index contributed by atoms with van der Waals surface area (Å²) in [7, 11) is 2.14. The van der Waals surface area contributed by atoms with E-state index in [1.54, 1.807) is 0 Å². The first-order valence-corrected chi connectivity index (χ1v) is 21.1. The molecule has 7 nitrogen and oxygen atoms in total. The molecular formula is C48H65N3O4. The highest BCUT2D eigenvalue weighted by Crippen LogP contribution is 2.47. The highest BCUT2D eigenvalue weighted by molar-refractivity contribution is 5.90. The number of unbranched alkanes of at least 4 members (excludes halogenated alkanes) is 12. The average Bonchev–Trinajstić information content (AvgIpc) is 3.22. The van der Waals surface area contributed by atoms with Crippen molar-refractivity contribution >= 4 is 11.6 Å². The predicted molar refractivity (Wildman–Crippen MR) is 224 cm³/mol. The maximum Gasteiger partial charge on any atom is 0.224 e. The Kier molecular flexibility index (Phi) is 18.4. The molecule has 4 aromatic rings. The van der Waals surface area contributed by atoms with Gasteiger partial charge in [0.2, 0.25) is 5.91 Å². The third-order valence-electron chi connectivity index (χ3n) is 10.9. The van der Waals surface area contributed by atoms with Crippen LogP contribution in [-0.4, -0.2) is 47.1 Å². The van der Waals surface area contributed by atoms with Crippen molar-refractivity contribution in [2.75, 3.05) is 25.5 Å². The van der Waals surface area contributed by atoms with Gasteiger partial charge in [-0.2, -0.15) is 0 Å². The molecule has 4 unspecified atom stereocenters. The Balaban J connectivity index is 1.20. The van der Waals surface area contributed by atoms with Crippen LogP contribution in [0.3, 0.4) is 0 Å². The molecule has 0 spiro atoms. The fraction of sp³-hybridized carbons (Fsp3) is 0.500. The molecule has 1 amide bonds. The Morgan fingerprint density at radius 3 is 2.04 bits per heavy atom. The number of aliphatic hydroxyl groups is 1. The number of nitrogens with zero attached hydrogens (tertiary/aromatic N) is 2. The quantitative estimate of drug-likeness (QED) is 0.0695. The van der Waals surface area contributed by atoms with Crippen molar-refractivity contribution in [3.8, 4) is 0 Å². The van der Waals surface area contributed by atoms with Gasteiger partial charge in [0.05, 0.1) is 18.8 Å². The lowest BCUT2D eigenvalue weighted by Gasteiger charge is -2.44. The van der Waals surface area contributed by atoms with E-state index in [1.165, 1.54) is 70.6 Å². The Labute approximate surface area is 330 Å². The highest BCUT2D eigenvalue weighted by atomic mass is 16.7. The minimum absolute atomic E-state index is 0.0127. The maximum atomic E-state index is 13.0. The van der Waals surface area contributed by atoms with Crippen LogP contribution in [0, 0.1) is 0 Å². The number of aliphatic hydroxyl groups excluding tert-OH is 1. The summed E-state index contributed by atoms with van der Waals surface area (Å²) in [6.07, 6.45) is 18.8. The molecule has 296 valence electrons. The van der Waals surface area contributed by atoms with E-state index in [0.717, 1.165) is 59.4 Å². The number of benzene rings is 3. The van der Waals surface area contributed by atoms with E-state index < -0.39 is 6.29 Å². The molecule has 1 aliphatic rings. The van der Waals surface area contributed by atoms with Crippen molar-refractivity contribution in [3.63, 3.8) is 0 Å². The van der Waals surface area contributed by atoms with Crippen LogP contribution >= 0.6 is 0 Å².